The smallest absolute Gasteiger partial charge is 0.317 e. The Morgan fingerprint density at radius 2 is 1.91 bits per heavy atom. The monoisotopic (exact) mass is 303 g/mol. The van der Waals surface area contributed by atoms with Crippen molar-refractivity contribution in [2.24, 2.45) is 0 Å². The van der Waals surface area contributed by atoms with Gasteiger partial charge in [0.15, 0.2) is 0 Å². The van der Waals surface area contributed by atoms with E-state index in [2.05, 4.69) is 5.32 Å². The van der Waals surface area contributed by atoms with Crippen LogP contribution >= 0.6 is 0 Å². The van der Waals surface area contributed by atoms with Gasteiger partial charge in [0.05, 0.1) is 13.2 Å². The largest absolute Gasteiger partial charge is 0.497 e. The molecule has 2 aliphatic rings. The molecule has 0 aromatic heterocycles. The number of carbonyl (C=O) groups is 2. The number of methoxy groups -OCH3 is 1. The Labute approximate surface area is 130 Å². The summed E-state index contributed by atoms with van der Waals surface area (Å²) in [4.78, 5) is 27.8. The van der Waals surface area contributed by atoms with Crippen LogP contribution in [-0.4, -0.2) is 49.6 Å². The Balaban J connectivity index is 1.61. The fourth-order valence-electron chi connectivity index (χ4n) is 3.00. The first-order valence-corrected chi connectivity index (χ1v) is 7.67. The summed E-state index contributed by atoms with van der Waals surface area (Å²) in [5, 5.41) is 2.97. The summed E-state index contributed by atoms with van der Waals surface area (Å²) in [5.41, 5.74) is 0.837. The van der Waals surface area contributed by atoms with Crippen molar-refractivity contribution in [2.75, 3.05) is 31.6 Å². The number of carbonyl (C=O) groups excluding carboxylic acids is 2. The minimum absolute atomic E-state index is 0.0388. The average molecular weight is 303 g/mol. The number of hydrogen-bond acceptors (Lipinski definition) is 3. The van der Waals surface area contributed by atoms with Crippen molar-refractivity contribution in [2.45, 2.75) is 25.3 Å². The summed E-state index contributed by atoms with van der Waals surface area (Å²) < 4.78 is 5.12. The van der Waals surface area contributed by atoms with Crippen molar-refractivity contribution in [3.05, 3.63) is 24.3 Å². The van der Waals surface area contributed by atoms with Crippen LogP contribution in [0.2, 0.25) is 0 Å². The van der Waals surface area contributed by atoms with Gasteiger partial charge in [-0.3, -0.25) is 4.79 Å². The molecule has 1 aromatic rings. The van der Waals surface area contributed by atoms with E-state index in [-0.39, 0.29) is 18.0 Å². The molecule has 2 heterocycles. The summed E-state index contributed by atoms with van der Waals surface area (Å²) in [7, 11) is 1.61. The highest BCUT2D eigenvalue weighted by Gasteiger charge is 2.32. The van der Waals surface area contributed by atoms with Gasteiger partial charge >= 0.3 is 6.03 Å². The molecule has 118 valence electrons. The summed E-state index contributed by atoms with van der Waals surface area (Å²) in [6, 6.07) is 7.22. The number of anilines is 1. The van der Waals surface area contributed by atoms with Gasteiger partial charge in [-0.2, -0.15) is 0 Å². The van der Waals surface area contributed by atoms with Gasteiger partial charge in [0.2, 0.25) is 5.91 Å². The minimum Gasteiger partial charge on any atom is -0.497 e. The topological polar surface area (TPSA) is 61.9 Å². The van der Waals surface area contributed by atoms with Crippen LogP contribution < -0.4 is 15.0 Å². The molecule has 0 saturated carbocycles. The van der Waals surface area contributed by atoms with E-state index < -0.39 is 0 Å². The van der Waals surface area contributed by atoms with E-state index in [0.717, 1.165) is 37.4 Å². The number of rotatable bonds is 3. The average Bonchev–Trinajstić information content (AvgIpc) is 3.17. The summed E-state index contributed by atoms with van der Waals surface area (Å²) in [6.07, 6.45) is 2.48. The van der Waals surface area contributed by atoms with Crippen molar-refractivity contribution >= 4 is 17.6 Å². The normalized spacial score (nSPS) is 21.3. The maximum atomic E-state index is 12.2. The third-order valence-electron chi connectivity index (χ3n) is 4.23. The van der Waals surface area contributed by atoms with Crippen molar-refractivity contribution in [3.63, 3.8) is 0 Å². The molecular formula is C16H21N3O3. The van der Waals surface area contributed by atoms with Crippen molar-refractivity contribution < 1.29 is 14.3 Å². The van der Waals surface area contributed by atoms with Crippen molar-refractivity contribution in [1.82, 2.24) is 10.2 Å². The predicted molar refractivity (Wildman–Crippen MR) is 83.1 cm³/mol. The van der Waals surface area contributed by atoms with Crippen LogP contribution in [0.1, 0.15) is 19.3 Å². The Morgan fingerprint density at radius 3 is 2.55 bits per heavy atom. The number of ether oxygens (including phenoxy) is 1. The zero-order valence-corrected chi connectivity index (χ0v) is 12.7. The first-order chi connectivity index (χ1) is 10.7. The lowest BCUT2D eigenvalue weighted by Gasteiger charge is -2.20. The molecule has 0 bridgehead atoms. The zero-order chi connectivity index (χ0) is 15.5. The van der Waals surface area contributed by atoms with Crippen LogP contribution in [0.15, 0.2) is 24.3 Å². The van der Waals surface area contributed by atoms with Gasteiger partial charge in [0.1, 0.15) is 5.75 Å². The molecule has 1 N–H and O–H groups in total. The van der Waals surface area contributed by atoms with E-state index in [9.17, 15) is 9.59 Å². The standard InChI is InChI=1S/C16H21N3O3/c1-22-14-6-4-13(5-7-14)19-11-12(10-15(19)20)17-16(21)18-8-2-3-9-18/h4-7,12H,2-3,8-11H2,1H3,(H,17,21)/t12-/m1/s1. The predicted octanol–water partition coefficient (Wildman–Crippen LogP) is 1.61. The molecule has 0 aliphatic carbocycles. The molecule has 3 rings (SSSR count). The highest BCUT2D eigenvalue weighted by molar-refractivity contribution is 5.96. The van der Waals surface area contributed by atoms with Gasteiger partial charge in [-0.1, -0.05) is 0 Å². The first kappa shape index (κ1) is 14.7. The molecule has 0 spiro atoms. The molecule has 1 atom stereocenters. The van der Waals surface area contributed by atoms with Crippen LogP contribution in [-0.2, 0) is 4.79 Å². The highest BCUT2D eigenvalue weighted by atomic mass is 16.5. The SMILES string of the molecule is COc1ccc(N2C[C@H](NC(=O)N3CCCC3)CC2=O)cc1. The third-order valence-corrected chi connectivity index (χ3v) is 4.23. The fraction of sp³-hybridized carbons (Fsp3) is 0.500. The lowest BCUT2D eigenvalue weighted by Crippen LogP contribution is -2.44. The van der Waals surface area contributed by atoms with Crippen LogP contribution in [0.3, 0.4) is 0 Å². The molecule has 2 aliphatic heterocycles. The van der Waals surface area contributed by atoms with Gasteiger partial charge in [0.25, 0.3) is 0 Å². The van der Waals surface area contributed by atoms with E-state index in [1.54, 1.807) is 12.0 Å². The summed E-state index contributed by atoms with van der Waals surface area (Å²) in [6.45, 7) is 2.15. The zero-order valence-electron chi connectivity index (χ0n) is 12.7. The van der Waals surface area contributed by atoms with E-state index in [1.165, 1.54) is 0 Å². The molecule has 0 radical (unpaired) electrons. The highest BCUT2D eigenvalue weighted by Crippen LogP contribution is 2.24. The second-order valence-corrected chi connectivity index (χ2v) is 5.75. The van der Waals surface area contributed by atoms with Gasteiger partial charge < -0.3 is 19.9 Å². The van der Waals surface area contributed by atoms with E-state index >= 15 is 0 Å². The number of likely N-dealkylation sites (tertiary alicyclic amines) is 1. The summed E-state index contributed by atoms with van der Waals surface area (Å²) in [5.74, 6) is 0.797. The Bertz CT molecular complexity index is 552. The number of benzene rings is 1. The van der Waals surface area contributed by atoms with Crippen molar-refractivity contribution in [3.8, 4) is 5.75 Å². The molecule has 2 saturated heterocycles. The van der Waals surface area contributed by atoms with Gasteiger partial charge in [-0.15, -0.1) is 0 Å². The lowest BCUT2D eigenvalue weighted by molar-refractivity contribution is -0.117. The van der Waals surface area contributed by atoms with Crippen LogP contribution in [0.25, 0.3) is 0 Å². The quantitative estimate of drug-likeness (QED) is 0.922. The van der Waals surface area contributed by atoms with Gasteiger partial charge in [-0.05, 0) is 37.1 Å². The van der Waals surface area contributed by atoms with Crippen LogP contribution in [0, 0.1) is 0 Å². The minimum atomic E-state index is -0.122. The van der Waals surface area contributed by atoms with Crippen LogP contribution in [0.5, 0.6) is 5.75 Å². The number of amides is 3. The second-order valence-electron chi connectivity index (χ2n) is 5.75. The number of urea groups is 1. The number of nitrogens with one attached hydrogen (secondary N) is 1. The Hall–Kier alpha value is -2.24. The molecule has 6 heteroatoms. The van der Waals surface area contributed by atoms with Gasteiger partial charge in [0, 0.05) is 31.7 Å². The van der Waals surface area contributed by atoms with E-state index in [0.29, 0.717) is 13.0 Å². The first-order valence-electron chi connectivity index (χ1n) is 7.67. The summed E-state index contributed by atoms with van der Waals surface area (Å²) >= 11 is 0. The lowest BCUT2D eigenvalue weighted by atomic mass is 10.2. The van der Waals surface area contributed by atoms with E-state index in [4.69, 9.17) is 4.74 Å². The van der Waals surface area contributed by atoms with Crippen molar-refractivity contribution in [1.29, 1.82) is 0 Å². The molecule has 0 unspecified atom stereocenters. The molecule has 3 amide bonds. The van der Waals surface area contributed by atoms with Gasteiger partial charge in [-0.25, -0.2) is 4.79 Å². The second kappa shape index (κ2) is 6.25. The molecular weight excluding hydrogens is 282 g/mol. The maximum absolute atomic E-state index is 12.2. The Morgan fingerprint density at radius 1 is 1.23 bits per heavy atom. The molecule has 6 nitrogen and oxygen atoms in total. The fourth-order valence-corrected chi connectivity index (χ4v) is 3.00. The third kappa shape index (κ3) is 3.00. The van der Waals surface area contributed by atoms with E-state index in [1.807, 2.05) is 29.2 Å². The maximum Gasteiger partial charge on any atom is 0.317 e. The van der Waals surface area contributed by atoms with Crippen LogP contribution in [0.4, 0.5) is 10.5 Å². The molecule has 22 heavy (non-hydrogen) atoms. The number of hydrogen-bond donors (Lipinski definition) is 1. The number of nitrogens with zero attached hydrogens (tertiary/aromatic N) is 2. The molecule has 2 fully saturated rings. The Kier molecular flexibility index (Phi) is 4.18. The molecule has 1 aromatic carbocycles.